The molecule has 0 spiro atoms. The Morgan fingerprint density at radius 2 is 2.03 bits per heavy atom. The maximum absolute atomic E-state index is 5.83. The maximum Gasteiger partial charge on any atom is 0.192 e. The first-order valence-corrected chi connectivity index (χ1v) is 10.9. The van der Waals surface area contributed by atoms with Crippen LogP contribution in [0.5, 0.6) is 5.75 Å². The van der Waals surface area contributed by atoms with Crippen LogP contribution in [0.4, 0.5) is 0 Å². The minimum absolute atomic E-state index is 0.0286. The van der Waals surface area contributed by atoms with Gasteiger partial charge in [0.05, 0.1) is 18.2 Å². The Balaban J connectivity index is 1.56. The lowest BCUT2D eigenvalue weighted by Crippen LogP contribution is -2.69. The summed E-state index contributed by atoms with van der Waals surface area (Å²) >= 11 is 0. The van der Waals surface area contributed by atoms with Gasteiger partial charge in [0.2, 0.25) is 0 Å². The van der Waals surface area contributed by atoms with E-state index in [1.54, 1.807) is 7.11 Å². The third-order valence-electron chi connectivity index (χ3n) is 7.42. The second-order valence-electron chi connectivity index (χ2n) is 9.32. The van der Waals surface area contributed by atoms with Gasteiger partial charge in [-0.1, -0.05) is 32.0 Å². The smallest absolute Gasteiger partial charge is 0.192 e. The topological polar surface area (TPSA) is 85.6 Å². The van der Waals surface area contributed by atoms with Crippen molar-refractivity contribution >= 4 is 5.96 Å². The number of methoxy groups -OCH3 is 1. The van der Waals surface area contributed by atoms with E-state index in [2.05, 4.69) is 47.7 Å². The number of hydrogen-bond acceptors (Lipinski definition) is 5. The number of nitrogens with one attached hydrogen (secondary N) is 2. The number of nitrogens with zero attached hydrogens (tertiary/aromatic N) is 4. The molecule has 2 aromatic rings. The van der Waals surface area contributed by atoms with Gasteiger partial charge in [0.1, 0.15) is 18.1 Å². The van der Waals surface area contributed by atoms with Crippen molar-refractivity contribution in [3.05, 3.63) is 41.5 Å². The Morgan fingerprint density at radius 1 is 1.26 bits per heavy atom. The van der Waals surface area contributed by atoms with Gasteiger partial charge in [-0.3, -0.25) is 0 Å². The summed E-state index contributed by atoms with van der Waals surface area (Å²) in [6, 6.07) is 8.58. The van der Waals surface area contributed by atoms with E-state index in [1.165, 1.54) is 0 Å². The van der Waals surface area contributed by atoms with Crippen LogP contribution < -0.4 is 15.4 Å². The maximum atomic E-state index is 5.83. The molecular formula is C23H34N6O2. The second kappa shape index (κ2) is 8.15. The molecule has 1 aromatic heterocycles. The molecule has 4 rings (SSSR count). The Kier molecular flexibility index (Phi) is 5.68. The van der Waals surface area contributed by atoms with Crippen molar-refractivity contribution in [1.82, 2.24) is 25.4 Å². The van der Waals surface area contributed by atoms with E-state index in [9.17, 15) is 0 Å². The van der Waals surface area contributed by atoms with Gasteiger partial charge < -0.3 is 24.7 Å². The Hall–Kier alpha value is -2.61. The molecule has 2 heterocycles. The summed E-state index contributed by atoms with van der Waals surface area (Å²) in [7, 11) is 3.76. The van der Waals surface area contributed by atoms with Crippen molar-refractivity contribution < 1.29 is 9.47 Å². The SMILES string of the molecule is COC1(C)CC(NC(=NCc2nnc(C)n2C)NC2CCOc3ccccc32)C1(C)C. The fourth-order valence-electron chi connectivity index (χ4n) is 4.42. The zero-order chi connectivity index (χ0) is 22.2. The summed E-state index contributed by atoms with van der Waals surface area (Å²) in [5.41, 5.74) is 0.980. The minimum atomic E-state index is -0.151. The molecule has 0 radical (unpaired) electrons. The van der Waals surface area contributed by atoms with Gasteiger partial charge in [-0.15, -0.1) is 10.2 Å². The van der Waals surface area contributed by atoms with E-state index in [0.29, 0.717) is 13.2 Å². The summed E-state index contributed by atoms with van der Waals surface area (Å²) in [6.45, 7) is 9.73. The van der Waals surface area contributed by atoms with Crippen molar-refractivity contribution in [3.63, 3.8) is 0 Å². The van der Waals surface area contributed by atoms with Crippen LogP contribution >= 0.6 is 0 Å². The largest absolute Gasteiger partial charge is 0.493 e. The fraction of sp³-hybridized carbons (Fsp3) is 0.609. The molecule has 3 unspecified atom stereocenters. The number of fused-ring (bicyclic) bond motifs is 1. The standard InChI is InChI=1S/C23H34N6O2/c1-15-27-28-20(29(15)5)14-24-21(26-19-13-23(4,30-6)22(19,2)3)25-17-11-12-31-18-10-8-7-9-16(17)18/h7-10,17,19H,11-14H2,1-6H3,(H2,24,25,26). The lowest BCUT2D eigenvalue weighted by molar-refractivity contribution is -0.176. The molecule has 3 atom stereocenters. The summed E-state index contributed by atoms with van der Waals surface area (Å²) in [5, 5.41) is 15.7. The first-order chi connectivity index (χ1) is 14.7. The molecule has 1 saturated carbocycles. The van der Waals surface area contributed by atoms with Gasteiger partial charge in [-0.05, 0) is 26.3 Å². The first kappa shape index (κ1) is 21.6. The van der Waals surface area contributed by atoms with Crippen LogP contribution in [0, 0.1) is 12.3 Å². The fourth-order valence-corrected chi connectivity index (χ4v) is 4.42. The van der Waals surface area contributed by atoms with Gasteiger partial charge in [0.25, 0.3) is 0 Å². The molecule has 0 amide bonds. The van der Waals surface area contributed by atoms with E-state index >= 15 is 0 Å². The van der Waals surface area contributed by atoms with Gasteiger partial charge >= 0.3 is 0 Å². The molecule has 0 bridgehead atoms. The van der Waals surface area contributed by atoms with E-state index in [4.69, 9.17) is 14.5 Å². The van der Waals surface area contributed by atoms with Crippen molar-refractivity contribution in [2.75, 3.05) is 13.7 Å². The minimum Gasteiger partial charge on any atom is -0.493 e. The molecule has 1 aromatic carbocycles. The van der Waals surface area contributed by atoms with Crippen LogP contribution in [-0.4, -0.2) is 46.1 Å². The predicted molar refractivity (Wildman–Crippen MR) is 120 cm³/mol. The molecule has 31 heavy (non-hydrogen) atoms. The van der Waals surface area contributed by atoms with Crippen molar-refractivity contribution in [3.8, 4) is 5.75 Å². The normalized spacial score (nSPS) is 27.1. The number of ether oxygens (including phenoxy) is 2. The van der Waals surface area contributed by atoms with Gasteiger partial charge in [-0.25, -0.2) is 4.99 Å². The van der Waals surface area contributed by atoms with Crippen molar-refractivity contribution in [1.29, 1.82) is 0 Å². The molecule has 2 N–H and O–H groups in total. The van der Waals surface area contributed by atoms with Crippen LogP contribution in [0.25, 0.3) is 0 Å². The number of para-hydroxylation sites is 1. The molecule has 8 nitrogen and oxygen atoms in total. The highest BCUT2D eigenvalue weighted by Gasteiger charge is 2.58. The number of rotatable bonds is 5. The van der Waals surface area contributed by atoms with Crippen LogP contribution in [0.1, 0.15) is 56.9 Å². The molecule has 1 aliphatic carbocycles. The second-order valence-corrected chi connectivity index (χ2v) is 9.32. The summed E-state index contributed by atoms with van der Waals surface area (Å²) in [4.78, 5) is 4.89. The quantitative estimate of drug-likeness (QED) is 0.565. The summed E-state index contributed by atoms with van der Waals surface area (Å²) < 4.78 is 13.6. The monoisotopic (exact) mass is 426 g/mol. The molecular weight excluding hydrogens is 392 g/mol. The zero-order valence-electron chi connectivity index (χ0n) is 19.4. The molecule has 0 saturated heterocycles. The highest BCUT2D eigenvalue weighted by molar-refractivity contribution is 5.81. The van der Waals surface area contributed by atoms with Crippen LogP contribution in [-0.2, 0) is 18.3 Å². The number of aryl methyl sites for hydroxylation is 1. The number of aliphatic imine (C=N–C) groups is 1. The lowest BCUT2D eigenvalue weighted by atomic mass is 9.56. The van der Waals surface area contributed by atoms with Crippen LogP contribution in [0.3, 0.4) is 0 Å². The molecule has 1 fully saturated rings. The van der Waals surface area contributed by atoms with Gasteiger partial charge in [-0.2, -0.15) is 0 Å². The van der Waals surface area contributed by atoms with E-state index in [-0.39, 0.29) is 23.1 Å². The zero-order valence-corrected chi connectivity index (χ0v) is 19.4. The molecule has 2 aliphatic rings. The van der Waals surface area contributed by atoms with Crippen molar-refractivity contribution in [2.24, 2.45) is 17.5 Å². The number of benzene rings is 1. The van der Waals surface area contributed by atoms with Crippen molar-refractivity contribution in [2.45, 2.75) is 64.8 Å². The molecule has 1 aliphatic heterocycles. The summed E-state index contributed by atoms with van der Waals surface area (Å²) in [6.07, 6.45) is 1.80. The summed E-state index contributed by atoms with van der Waals surface area (Å²) in [5.74, 6) is 3.42. The van der Waals surface area contributed by atoms with Crippen LogP contribution in [0.2, 0.25) is 0 Å². The van der Waals surface area contributed by atoms with Crippen LogP contribution in [0.15, 0.2) is 29.3 Å². The molecule has 8 heteroatoms. The third-order valence-corrected chi connectivity index (χ3v) is 7.42. The number of guanidine groups is 1. The average molecular weight is 427 g/mol. The Bertz CT molecular complexity index is 969. The number of hydrogen-bond donors (Lipinski definition) is 2. The highest BCUT2D eigenvalue weighted by atomic mass is 16.5. The number of aromatic nitrogens is 3. The Morgan fingerprint density at radius 3 is 2.71 bits per heavy atom. The van der Waals surface area contributed by atoms with Gasteiger partial charge in [0.15, 0.2) is 11.8 Å². The first-order valence-electron chi connectivity index (χ1n) is 10.9. The highest BCUT2D eigenvalue weighted by Crippen LogP contribution is 2.51. The molecule has 168 valence electrons. The Labute approximate surface area is 184 Å². The third kappa shape index (κ3) is 3.89. The lowest BCUT2D eigenvalue weighted by Gasteiger charge is -2.59. The van der Waals surface area contributed by atoms with E-state index < -0.39 is 0 Å². The average Bonchev–Trinajstić information content (AvgIpc) is 3.09. The van der Waals surface area contributed by atoms with E-state index in [1.807, 2.05) is 36.7 Å². The van der Waals surface area contributed by atoms with Gasteiger partial charge in [0, 0.05) is 37.6 Å². The predicted octanol–water partition coefficient (Wildman–Crippen LogP) is 2.89. The van der Waals surface area contributed by atoms with E-state index in [0.717, 1.165) is 41.8 Å².